The third-order valence-corrected chi connectivity index (χ3v) is 7.35. The molecule has 0 spiro atoms. The second kappa shape index (κ2) is 9.17. The monoisotopic (exact) mass is 475 g/mol. The summed E-state index contributed by atoms with van der Waals surface area (Å²) in [5, 5.41) is 4.94. The van der Waals surface area contributed by atoms with E-state index in [4.69, 9.17) is 23.2 Å². The Balaban J connectivity index is 1.34. The molecule has 0 aliphatic carbocycles. The summed E-state index contributed by atoms with van der Waals surface area (Å²) >= 11 is 13.9. The highest BCUT2D eigenvalue weighted by Crippen LogP contribution is 2.37. The summed E-state index contributed by atoms with van der Waals surface area (Å²) in [7, 11) is 0. The van der Waals surface area contributed by atoms with Gasteiger partial charge in [0.05, 0.1) is 11.6 Å². The Hall–Kier alpha value is -2.12. The number of halogens is 2. The molecule has 1 aromatic heterocycles. The summed E-state index contributed by atoms with van der Waals surface area (Å²) < 4.78 is 0.905. The van der Waals surface area contributed by atoms with E-state index in [1.807, 2.05) is 44.2 Å². The van der Waals surface area contributed by atoms with Crippen LogP contribution in [0.25, 0.3) is 10.1 Å². The second-order valence-electron chi connectivity index (χ2n) is 7.82. The lowest BCUT2D eigenvalue weighted by atomic mass is 10.1. The Labute approximate surface area is 195 Å². The minimum Gasteiger partial charge on any atom is -0.335 e. The number of hydrogen-bond acceptors (Lipinski definition) is 4. The fraction of sp³-hybridized carbons (Fsp3) is 0.304. The predicted molar refractivity (Wildman–Crippen MR) is 129 cm³/mol. The minimum atomic E-state index is -0.0679. The van der Waals surface area contributed by atoms with Crippen LogP contribution in [0.2, 0.25) is 10.0 Å². The number of carbonyl (C=O) groups is 2. The summed E-state index contributed by atoms with van der Waals surface area (Å²) in [6.45, 7) is 6.71. The molecule has 0 saturated carbocycles. The lowest BCUT2D eigenvalue weighted by Crippen LogP contribution is -2.50. The number of fused-ring (bicyclic) bond motifs is 1. The number of aryl methyl sites for hydroxylation is 2. The Morgan fingerprint density at radius 1 is 1.03 bits per heavy atom. The average Bonchev–Trinajstić information content (AvgIpc) is 3.05. The van der Waals surface area contributed by atoms with Gasteiger partial charge in [0.15, 0.2) is 0 Å². The largest absolute Gasteiger partial charge is 0.335 e. The zero-order valence-electron chi connectivity index (χ0n) is 17.4. The summed E-state index contributed by atoms with van der Waals surface area (Å²) in [6.07, 6.45) is 0. The van der Waals surface area contributed by atoms with Gasteiger partial charge in [-0.3, -0.25) is 14.5 Å². The maximum Gasteiger partial charge on any atom is 0.265 e. The molecule has 1 N–H and O–H groups in total. The minimum absolute atomic E-state index is 0.0452. The van der Waals surface area contributed by atoms with Crippen molar-refractivity contribution >= 4 is 62.1 Å². The van der Waals surface area contributed by atoms with Gasteiger partial charge in [-0.05, 0) is 37.6 Å². The number of rotatable bonds is 4. The maximum atomic E-state index is 13.0. The van der Waals surface area contributed by atoms with Gasteiger partial charge in [0.1, 0.15) is 4.88 Å². The zero-order chi connectivity index (χ0) is 22.1. The molecular formula is C23H23Cl2N3O2S. The average molecular weight is 476 g/mol. The van der Waals surface area contributed by atoms with Gasteiger partial charge < -0.3 is 10.2 Å². The van der Waals surface area contributed by atoms with Gasteiger partial charge >= 0.3 is 0 Å². The van der Waals surface area contributed by atoms with Crippen LogP contribution in [0.5, 0.6) is 0 Å². The van der Waals surface area contributed by atoms with Gasteiger partial charge in [0.25, 0.3) is 5.91 Å². The first-order valence-electron chi connectivity index (χ1n) is 10.1. The summed E-state index contributed by atoms with van der Waals surface area (Å²) in [5.41, 5.74) is 3.05. The first kappa shape index (κ1) is 22.1. The maximum absolute atomic E-state index is 13.0. The quantitative estimate of drug-likeness (QED) is 0.562. The van der Waals surface area contributed by atoms with Crippen LogP contribution in [-0.2, 0) is 4.79 Å². The molecule has 1 aliphatic heterocycles. The molecule has 1 saturated heterocycles. The Morgan fingerprint density at radius 2 is 1.77 bits per heavy atom. The van der Waals surface area contributed by atoms with Gasteiger partial charge in [-0.25, -0.2) is 0 Å². The van der Waals surface area contributed by atoms with Crippen LogP contribution in [0.4, 0.5) is 5.69 Å². The van der Waals surface area contributed by atoms with E-state index in [9.17, 15) is 9.59 Å². The van der Waals surface area contributed by atoms with Crippen molar-refractivity contribution < 1.29 is 9.59 Å². The van der Waals surface area contributed by atoms with Gasteiger partial charge in [0.2, 0.25) is 5.91 Å². The Bertz CT molecular complexity index is 1150. The summed E-state index contributed by atoms with van der Waals surface area (Å²) in [5.74, 6) is -0.113. The van der Waals surface area contributed by atoms with E-state index in [1.165, 1.54) is 11.3 Å². The van der Waals surface area contributed by atoms with Crippen molar-refractivity contribution in [2.45, 2.75) is 13.8 Å². The third-order valence-electron chi connectivity index (χ3n) is 5.47. The van der Waals surface area contributed by atoms with E-state index in [1.54, 1.807) is 11.0 Å². The number of nitrogens with one attached hydrogen (secondary N) is 1. The van der Waals surface area contributed by atoms with Crippen LogP contribution in [0.15, 0.2) is 36.4 Å². The van der Waals surface area contributed by atoms with Crippen molar-refractivity contribution in [3.63, 3.8) is 0 Å². The highest BCUT2D eigenvalue weighted by molar-refractivity contribution is 7.21. The van der Waals surface area contributed by atoms with Crippen LogP contribution in [0.3, 0.4) is 0 Å². The lowest BCUT2D eigenvalue weighted by molar-refractivity contribution is -0.117. The van der Waals surface area contributed by atoms with Gasteiger partial charge in [-0.15, -0.1) is 11.3 Å². The molecule has 3 aromatic rings. The second-order valence-corrected chi connectivity index (χ2v) is 9.69. The smallest absolute Gasteiger partial charge is 0.265 e. The van der Waals surface area contributed by atoms with E-state index in [-0.39, 0.29) is 11.8 Å². The van der Waals surface area contributed by atoms with E-state index in [0.29, 0.717) is 47.6 Å². The van der Waals surface area contributed by atoms with E-state index < -0.39 is 0 Å². The molecule has 5 nitrogen and oxygen atoms in total. The SMILES string of the molecule is Cc1ccc(NC(=O)CN2CCN(C(=O)c3sc4cc(Cl)ccc4c3Cl)CC2)c(C)c1. The lowest BCUT2D eigenvalue weighted by Gasteiger charge is -2.34. The molecule has 0 atom stereocenters. The molecule has 1 aliphatic rings. The topological polar surface area (TPSA) is 52.7 Å². The van der Waals surface area contributed by atoms with Crippen molar-refractivity contribution in [2.24, 2.45) is 0 Å². The highest BCUT2D eigenvalue weighted by atomic mass is 35.5. The number of nitrogens with zero attached hydrogens (tertiary/aromatic N) is 2. The van der Waals surface area contributed by atoms with Crippen LogP contribution in [0.1, 0.15) is 20.8 Å². The van der Waals surface area contributed by atoms with Crippen molar-refractivity contribution in [1.29, 1.82) is 0 Å². The number of anilines is 1. The van der Waals surface area contributed by atoms with Crippen LogP contribution in [-0.4, -0.2) is 54.3 Å². The number of piperazine rings is 1. The van der Waals surface area contributed by atoms with Gasteiger partial charge in [0, 0.05) is 47.0 Å². The first-order valence-corrected chi connectivity index (χ1v) is 11.7. The first-order chi connectivity index (χ1) is 14.8. The van der Waals surface area contributed by atoms with Crippen LogP contribution >= 0.6 is 34.5 Å². The van der Waals surface area contributed by atoms with Crippen molar-refractivity contribution in [2.75, 3.05) is 38.0 Å². The number of carbonyl (C=O) groups excluding carboxylic acids is 2. The number of hydrogen-bond donors (Lipinski definition) is 1. The molecule has 0 unspecified atom stereocenters. The van der Waals surface area contributed by atoms with Crippen LogP contribution < -0.4 is 5.32 Å². The third kappa shape index (κ3) is 4.88. The molecule has 8 heteroatoms. The molecule has 0 bridgehead atoms. The normalized spacial score (nSPS) is 14.8. The fourth-order valence-electron chi connectivity index (χ4n) is 3.78. The molecule has 2 amide bonds. The van der Waals surface area contributed by atoms with E-state index in [0.717, 1.165) is 26.9 Å². The Morgan fingerprint density at radius 3 is 2.48 bits per heavy atom. The van der Waals surface area contributed by atoms with Crippen molar-refractivity contribution in [3.05, 3.63) is 62.4 Å². The van der Waals surface area contributed by atoms with E-state index >= 15 is 0 Å². The standard InChI is InChI=1S/C23H23Cl2N3O2S/c1-14-3-6-18(15(2)11-14)26-20(29)13-27-7-9-28(10-8-27)23(30)22-21(25)17-5-4-16(24)12-19(17)31-22/h3-6,11-12H,7-10,13H2,1-2H3,(H,26,29). The fourth-order valence-corrected chi connectivity index (χ4v) is 5.53. The van der Waals surface area contributed by atoms with Gasteiger partial charge in [-0.2, -0.15) is 0 Å². The summed E-state index contributed by atoms with van der Waals surface area (Å²) in [4.78, 5) is 29.9. The summed E-state index contributed by atoms with van der Waals surface area (Å²) in [6, 6.07) is 11.4. The molecule has 1 fully saturated rings. The van der Waals surface area contributed by atoms with E-state index in [2.05, 4.69) is 10.2 Å². The molecule has 0 radical (unpaired) electrons. The molecular weight excluding hydrogens is 453 g/mol. The van der Waals surface area contributed by atoms with Gasteiger partial charge in [-0.1, -0.05) is 47.0 Å². The molecule has 2 aromatic carbocycles. The van der Waals surface area contributed by atoms with Crippen LogP contribution in [0, 0.1) is 13.8 Å². The van der Waals surface area contributed by atoms with Crippen molar-refractivity contribution in [3.8, 4) is 0 Å². The highest BCUT2D eigenvalue weighted by Gasteiger charge is 2.27. The molecule has 2 heterocycles. The molecule has 162 valence electrons. The predicted octanol–water partition coefficient (Wildman–Crippen LogP) is 5.22. The molecule has 31 heavy (non-hydrogen) atoms. The number of benzene rings is 2. The Kier molecular flexibility index (Phi) is 6.53. The number of amides is 2. The number of thiophene rings is 1. The molecule has 4 rings (SSSR count). The zero-order valence-corrected chi connectivity index (χ0v) is 19.7. The van der Waals surface area contributed by atoms with Crippen molar-refractivity contribution in [1.82, 2.24) is 9.80 Å².